The molecule has 0 unspecified atom stereocenters. The first-order chi connectivity index (χ1) is 17.8. The quantitative estimate of drug-likeness (QED) is 0.231. The lowest BCUT2D eigenvalue weighted by Crippen LogP contribution is -2.36. The van der Waals surface area contributed by atoms with Crippen LogP contribution in [0.4, 0.5) is 5.69 Å². The molecular weight excluding hydrogens is 616 g/mol. The molecule has 0 aliphatic carbocycles. The van der Waals surface area contributed by atoms with E-state index >= 15 is 0 Å². The summed E-state index contributed by atoms with van der Waals surface area (Å²) in [5, 5.41) is 0.690. The number of halogens is 2. The molecule has 0 saturated carbocycles. The molecule has 5 nitrogen and oxygen atoms in total. The van der Waals surface area contributed by atoms with Crippen LogP contribution in [0.3, 0.4) is 0 Å². The second-order valence-electron chi connectivity index (χ2n) is 8.72. The molecule has 4 rings (SSSR count). The summed E-state index contributed by atoms with van der Waals surface area (Å²) in [7, 11) is 1.61. The van der Waals surface area contributed by atoms with E-state index in [4.69, 9.17) is 14.5 Å². The minimum atomic E-state index is -0.0455. The van der Waals surface area contributed by atoms with E-state index in [9.17, 15) is 4.79 Å². The molecule has 1 atom stereocenters. The Bertz CT molecular complexity index is 1340. The summed E-state index contributed by atoms with van der Waals surface area (Å²) >= 11 is 8.47. The van der Waals surface area contributed by atoms with Gasteiger partial charge in [0.1, 0.15) is 6.61 Å². The highest BCUT2D eigenvalue weighted by Crippen LogP contribution is 2.40. The number of ether oxygens (including phenoxy) is 2. The lowest BCUT2D eigenvalue weighted by Gasteiger charge is -2.22. The minimum absolute atomic E-state index is 0.0331. The number of amides is 1. The third kappa shape index (κ3) is 6.67. The van der Waals surface area contributed by atoms with Gasteiger partial charge >= 0.3 is 0 Å². The number of aryl methyl sites for hydroxylation is 1. The molecule has 0 radical (unpaired) electrons. The average Bonchev–Trinajstić information content (AvgIpc) is 3.19. The maximum Gasteiger partial charge on any atom is 0.266 e. The van der Waals surface area contributed by atoms with Gasteiger partial charge in [0.2, 0.25) is 0 Å². The zero-order valence-corrected chi connectivity index (χ0v) is 25.1. The fourth-order valence-electron chi connectivity index (χ4n) is 3.72. The average molecular weight is 644 g/mol. The number of benzene rings is 3. The van der Waals surface area contributed by atoms with E-state index in [0.717, 1.165) is 32.2 Å². The second kappa shape index (κ2) is 12.3. The maximum atomic E-state index is 13.4. The smallest absolute Gasteiger partial charge is 0.266 e. The Morgan fingerprint density at radius 3 is 2.43 bits per heavy atom. The topological polar surface area (TPSA) is 51.1 Å². The first kappa shape index (κ1) is 27.5. The molecule has 1 saturated heterocycles. The van der Waals surface area contributed by atoms with Gasteiger partial charge in [0, 0.05) is 10.5 Å². The summed E-state index contributed by atoms with van der Waals surface area (Å²) in [4.78, 5) is 20.6. The number of nitrogens with zero attached hydrogens (tertiary/aromatic N) is 2. The van der Waals surface area contributed by atoms with Crippen molar-refractivity contribution in [2.45, 2.75) is 39.8 Å². The molecule has 1 aliphatic rings. The van der Waals surface area contributed by atoms with Gasteiger partial charge in [-0.15, -0.1) is 0 Å². The van der Waals surface area contributed by atoms with Gasteiger partial charge in [-0.05, 0) is 102 Å². The van der Waals surface area contributed by atoms with Crippen LogP contribution in [0.15, 0.2) is 79.5 Å². The molecule has 3 aromatic carbocycles. The van der Waals surface area contributed by atoms with Crippen LogP contribution in [0.2, 0.25) is 0 Å². The van der Waals surface area contributed by atoms with Gasteiger partial charge in [-0.2, -0.15) is 0 Å². The van der Waals surface area contributed by atoms with Crippen molar-refractivity contribution in [2.75, 3.05) is 7.11 Å². The first-order valence-electron chi connectivity index (χ1n) is 11.9. The zero-order valence-electron chi connectivity index (χ0n) is 21.1. The third-order valence-electron chi connectivity index (χ3n) is 5.97. The molecule has 0 bridgehead atoms. The SMILES string of the molecule is CC[C@@H](C)N1C(=O)/C(=C\c2cc(Br)c(OCc3ccc(Br)cc3)c(OC)c2)SC1=Nc1ccc(C)cc1. The molecule has 1 amide bonds. The van der Waals surface area contributed by atoms with Gasteiger partial charge in [-0.1, -0.05) is 52.7 Å². The Hall–Kier alpha value is -2.55. The summed E-state index contributed by atoms with van der Waals surface area (Å²) in [6.45, 7) is 6.56. The van der Waals surface area contributed by atoms with Crippen LogP contribution < -0.4 is 9.47 Å². The number of amidine groups is 1. The Morgan fingerprint density at radius 1 is 1.08 bits per heavy atom. The van der Waals surface area contributed by atoms with Gasteiger partial charge < -0.3 is 9.47 Å². The van der Waals surface area contributed by atoms with Gasteiger partial charge in [0.05, 0.1) is 22.2 Å². The largest absolute Gasteiger partial charge is 0.493 e. The molecule has 192 valence electrons. The van der Waals surface area contributed by atoms with Crippen molar-refractivity contribution in [2.24, 2.45) is 4.99 Å². The number of rotatable bonds is 8. The Kier molecular flexibility index (Phi) is 9.16. The van der Waals surface area contributed by atoms with Gasteiger partial charge in [-0.25, -0.2) is 4.99 Å². The number of carbonyl (C=O) groups excluding carboxylic acids is 1. The van der Waals surface area contributed by atoms with Crippen molar-refractivity contribution in [3.8, 4) is 11.5 Å². The third-order valence-corrected chi connectivity index (χ3v) is 8.07. The standard InChI is InChI=1S/C29H28Br2N2O3S/c1-5-19(3)33-28(34)26(37-29(33)32-23-12-6-18(2)7-13-23)16-21-14-24(31)27(25(15-21)35-4)36-17-20-8-10-22(30)11-9-20/h6-16,19H,5,17H2,1-4H3/b26-16+,32-29?/t19-/m1/s1. The molecule has 0 aromatic heterocycles. The molecule has 3 aromatic rings. The van der Waals surface area contributed by atoms with E-state index in [1.54, 1.807) is 12.0 Å². The van der Waals surface area contributed by atoms with E-state index in [1.165, 1.54) is 17.3 Å². The summed E-state index contributed by atoms with van der Waals surface area (Å²) in [6, 6.07) is 19.8. The van der Waals surface area contributed by atoms with Crippen molar-refractivity contribution < 1.29 is 14.3 Å². The van der Waals surface area contributed by atoms with E-state index < -0.39 is 0 Å². The predicted octanol–water partition coefficient (Wildman–Crippen LogP) is 8.51. The van der Waals surface area contributed by atoms with Crippen LogP contribution >= 0.6 is 43.6 Å². The van der Waals surface area contributed by atoms with E-state index in [2.05, 4.69) is 38.8 Å². The summed E-state index contributed by atoms with van der Waals surface area (Å²) in [5.74, 6) is 1.15. The van der Waals surface area contributed by atoms with Crippen molar-refractivity contribution >= 4 is 66.5 Å². The Morgan fingerprint density at radius 2 is 1.78 bits per heavy atom. The normalized spacial score (nSPS) is 16.5. The van der Waals surface area contributed by atoms with Crippen LogP contribution in [-0.2, 0) is 11.4 Å². The van der Waals surface area contributed by atoms with Crippen molar-refractivity contribution in [1.29, 1.82) is 0 Å². The summed E-state index contributed by atoms with van der Waals surface area (Å²) in [5.41, 5.74) is 3.87. The van der Waals surface area contributed by atoms with Crippen LogP contribution in [0.5, 0.6) is 11.5 Å². The molecule has 8 heteroatoms. The monoisotopic (exact) mass is 642 g/mol. The second-order valence-corrected chi connectivity index (χ2v) is 11.5. The Labute approximate surface area is 239 Å². The molecule has 1 fully saturated rings. The Balaban J connectivity index is 1.62. The number of methoxy groups -OCH3 is 1. The number of carbonyl (C=O) groups is 1. The van der Waals surface area contributed by atoms with Crippen LogP contribution in [-0.4, -0.2) is 29.1 Å². The van der Waals surface area contributed by atoms with Crippen LogP contribution in [0.1, 0.15) is 37.0 Å². The van der Waals surface area contributed by atoms with Gasteiger partial charge in [-0.3, -0.25) is 9.69 Å². The lowest BCUT2D eigenvalue weighted by atomic mass is 10.1. The number of aliphatic imine (C=N–C) groups is 1. The molecule has 0 spiro atoms. The van der Waals surface area contributed by atoms with E-state index in [0.29, 0.717) is 28.2 Å². The van der Waals surface area contributed by atoms with Crippen LogP contribution in [0, 0.1) is 6.92 Å². The lowest BCUT2D eigenvalue weighted by molar-refractivity contribution is -0.123. The molecule has 37 heavy (non-hydrogen) atoms. The highest BCUT2D eigenvalue weighted by Gasteiger charge is 2.36. The fourth-order valence-corrected chi connectivity index (χ4v) is 5.64. The van der Waals surface area contributed by atoms with Gasteiger partial charge in [0.15, 0.2) is 16.7 Å². The maximum absolute atomic E-state index is 13.4. The molecule has 0 N–H and O–H groups in total. The highest BCUT2D eigenvalue weighted by atomic mass is 79.9. The van der Waals surface area contributed by atoms with E-state index in [1.807, 2.05) is 80.6 Å². The first-order valence-corrected chi connectivity index (χ1v) is 14.3. The molecule has 1 aliphatic heterocycles. The van der Waals surface area contributed by atoms with E-state index in [-0.39, 0.29) is 11.9 Å². The van der Waals surface area contributed by atoms with Crippen molar-refractivity contribution in [3.05, 3.63) is 91.2 Å². The number of hydrogen-bond acceptors (Lipinski definition) is 5. The molecule has 1 heterocycles. The van der Waals surface area contributed by atoms with Crippen LogP contribution in [0.25, 0.3) is 6.08 Å². The van der Waals surface area contributed by atoms with Crippen molar-refractivity contribution in [1.82, 2.24) is 4.90 Å². The van der Waals surface area contributed by atoms with Crippen molar-refractivity contribution in [3.63, 3.8) is 0 Å². The minimum Gasteiger partial charge on any atom is -0.493 e. The summed E-state index contributed by atoms with van der Waals surface area (Å²) < 4.78 is 13.5. The predicted molar refractivity (Wildman–Crippen MR) is 160 cm³/mol. The highest BCUT2D eigenvalue weighted by molar-refractivity contribution is 9.10. The van der Waals surface area contributed by atoms with Gasteiger partial charge in [0.25, 0.3) is 5.91 Å². The number of hydrogen-bond donors (Lipinski definition) is 0. The number of thioether (sulfide) groups is 1. The zero-order chi connectivity index (χ0) is 26.5. The summed E-state index contributed by atoms with van der Waals surface area (Å²) in [6.07, 6.45) is 2.71. The fraction of sp³-hybridized carbons (Fsp3) is 0.241. The molecular formula is C29H28Br2N2O3S.